The molecule has 3 rings (SSSR count). The number of nitrogens with one attached hydrogen (secondary N) is 1. The highest BCUT2D eigenvalue weighted by atomic mass is 35.5. The lowest BCUT2D eigenvalue weighted by Crippen LogP contribution is -2.38. The maximum Gasteiger partial charge on any atom is 0.269 e. The molecule has 1 aromatic carbocycles. The molecule has 2 amide bonds. The van der Waals surface area contributed by atoms with Gasteiger partial charge in [0.2, 0.25) is 0 Å². The maximum atomic E-state index is 12.3. The summed E-state index contributed by atoms with van der Waals surface area (Å²) in [6.45, 7) is 1.91. The topological polar surface area (TPSA) is 83.1 Å². The van der Waals surface area contributed by atoms with E-state index in [0.29, 0.717) is 40.0 Å². The Bertz CT molecular complexity index is 1040. The number of furan rings is 1. The van der Waals surface area contributed by atoms with Crippen molar-refractivity contribution in [1.82, 2.24) is 5.32 Å². The Morgan fingerprint density at radius 3 is 2.59 bits per heavy atom. The molecule has 0 saturated carbocycles. The first kappa shape index (κ1) is 19.0. The van der Waals surface area contributed by atoms with Gasteiger partial charge in [0, 0.05) is 11.1 Å². The molecule has 0 aliphatic carbocycles. The summed E-state index contributed by atoms with van der Waals surface area (Å²) in [6.07, 6.45) is 2.66. The zero-order valence-electron chi connectivity index (χ0n) is 14.3. The van der Waals surface area contributed by atoms with Crippen LogP contribution in [0.5, 0.6) is 0 Å². The lowest BCUT2D eigenvalue weighted by Gasteiger charge is -2.18. The number of rotatable bonds is 4. The van der Waals surface area contributed by atoms with Crippen molar-refractivity contribution in [1.29, 1.82) is 5.26 Å². The number of benzene rings is 1. The molecule has 1 N–H and O–H groups in total. The minimum absolute atomic E-state index is 0.0426. The summed E-state index contributed by atoms with van der Waals surface area (Å²) in [5, 5.41) is 12.3. The van der Waals surface area contributed by atoms with Gasteiger partial charge in [-0.15, -0.1) is 0 Å². The largest absolute Gasteiger partial charge is 0.457 e. The van der Waals surface area contributed by atoms with E-state index in [-0.39, 0.29) is 11.1 Å². The SMILES string of the molecule is CCCC1=C(C#N)C(=O)NC(=O)/C1=C\c1ccc(-c2ccc(Cl)c(Cl)c2)o1. The number of carbonyl (C=O) groups is 2. The highest BCUT2D eigenvalue weighted by molar-refractivity contribution is 6.42. The number of hydrogen-bond acceptors (Lipinski definition) is 4. The summed E-state index contributed by atoms with van der Waals surface area (Å²) in [7, 11) is 0. The number of nitriles is 1. The van der Waals surface area contributed by atoms with E-state index in [9.17, 15) is 14.9 Å². The van der Waals surface area contributed by atoms with Gasteiger partial charge in [0.05, 0.1) is 10.0 Å². The van der Waals surface area contributed by atoms with Crippen LogP contribution in [-0.2, 0) is 9.59 Å². The van der Waals surface area contributed by atoms with Gasteiger partial charge in [-0.25, -0.2) is 0 Å². The van der Waals surface area contributed by atoms with Crippen LogP contribution in [0.4, 0.5) is 0 Å². The Labute approximate surface area is 165 Å². The molecule has 5 nitrogen and oxygen atoms in total. The third-order valence-corrected chi connectivity index (χ3v) is 4.79. The highest BCUT2D eigenvalue weighted by Gasteiger charge is 2.29. The minimum atomic E-state index is -0.668. The van der Waals surface area contributed by atoms with Crippen LogP contribution in [-0.4, -0.2) is 11.8 Å². The van der Waals surface area contributed by atoms with Crippen LogP contribution in [0.1, 0.15) is 25.5 Å². The fourth-order valence-corrected chi connectivity index (χ4v) is 3.10. The van der Waals surface area contributed by atoms with Crippen molar-refractivity contribution in [3.63, 3.8) is 0 Å². The average Bonchev–Trinajstić information content (AvgIpc) is 3.09. The molecule has 0 bridgehead atoms. The van der Waals surface area contributed by atoms with Crippen LogP contribution in [0.25, 0.3) is 17.4 Å². The Balaban J connectivity index is 2.02. The van der Waals surface area contributed by atoms with Crippen LogP contribution in [0.15, 0.2) is 51.5 Å². The van der Waals surface area contributed by atoms with Gasteiger partial charge in [0.15, 0.2) is 0 Å². The quantitative estimate of drug-likeness (QED) is 0.583. The lowest BCUT2D eigenvalue weighted by molar-refractivity contribution is -0.126. The van der Waals surface area contributed by atoms with Gasteiger partial charge in [-0.3, -0.25) is 14.9 Å². The van der Waals surface area contributed by atoms with Crippen molar-refractivity contribution in [3.8, 4) is 17.4 Å². The van der Waals surface area contributed by atoms with Crippen molar-refractivity contribution in [3.05, 3.63) is 62.9 Å². The first-order valence-corrected chi connectivity index (χ1v) is 8.96. The number of imide groups is 1. The summed E-state index contributed by atoms with van der Waals surface area (Å²) in [4.78, 5) is 24.2. The second-order valence-corrected chi connectivity index (χ2v) is 6.70. The monoisotopic (exact) mass is 400 g/mol. The smallest absolute Gasteiger partial charge is 0.269 e. The molecule has 1 aliphatic heterocycles. The summed E-state index contributed by atoms with van der Waals surface area (Å²) in [5.74, 6) is -0.246. The molecule has 7 heteroatoms. The van der Waals surface area contributed by atoms with Crippen molar-refractivity contribution in [2.24, 2.45) is 0 Å². The molecule has 0 fully saturated rings. The van der Waals surface area contributed by atoms with Crippen LogP contribution in [0.2, 0.25) is 10.0 Å². The second-order valence-electron chi connectivity index (χ2n) is 5.89. The number of hydrogen-bond donors (Lipinski definition) is 1. The predicted molar refractivity (Wildman–Crippen MR) is 103 cm³/mol. The van der Waals surface area contributed by atoms with E-state index in [2.05, 4.69) is 5.32 Å². The lowest BCUT2D eigenvalue weighted by atomic mass is 9.91. The van der Waals surface area contributed by atoms with Crippen LogP contribution < -0.4 is 5.32 Å². The molecule has 0 unspecified atom stereocenters. The van der Waals surface area contributed by atoms with Gasteiger partial charge in [-0.1, -0.05) is 36.5 Å². The Hall–Kier alpha value is -2.81. The molecule has 0 spiro atoms. The van der Waals surface area contributed by atoms with E-state index < -0.39 is 11.8 Å². The molecule has 1 aromatic heterocycles. The molecular formula is C20H14Cl2N2O3. The average molecular weight is 401 g/mol. The first-order chi connectivity index (χ1) is 12.9. The fourth-order valence-electron chi connectivity index (χ4n) is 2.80. The van der Waals surface area contributed by atoms with Gasteiger partial charge < -0.3 is 4.42 Å². The number of halogens is 2. The molecule has 0 saturated heterocycles. The van der Waals surface area contributed by atoms with Crippen molar-refractivity contribution < 1.29 is 14.0 Å². The summed E-state index contributed by atoms with van der Waals surface area (Å²) in [6, 6.07) is 10.4. The standard InChI is InChI=1S/C20H14Cl2N2O3/c1-2-3-13-14(19(25)24-20(26)15(13)10-23)9-12-5-7-18(27-12)11-4-6-16(21)17(22)8-11/h4-9H,2-3H2,1H3,(H,24,25,26)/b14-9-. The van der Waals surface area contributed by atoms with Crippen LogP contribution >= 0.6 is 23.2 Å². The van der Waals surface area contributed by atoms with Gasteiger partial charge >= 0.3 is 0 Å². The molecule has 1 aliphatic rings. The molecule has 2 heterocycles. The third kappa shape index (κ3) is 3.82. The first-order valence-electron chi connectivity index (χ1n) is 8.20. The van der Waals surface area contributed by atoms with Crippen LogP contribution in [0.3, 0.4) is 0 Å². The Morgan fingerprint density at radius 1 is 1.15 bits per heavy atom. The number of carbonyl (C=O) groups excluding carboxylic acids is 2. The van der Waals surface area contributed by atoms with Gasteiger partial charge in [0.25, 0.3) is 11.8 Å². The predicted octanol–water partition coefficient (Wildman–Crippen LogP) is 4.91. The molecule has 27 heavy (non-hydrogen) atoms. The van der Waals surface area contributed by atoms with Gasteiger partial charge in [0.1, 0.15) is 23.2 Å². The van der Waals surface area contributed by atoms with E-state index >= 15 is 0 Å². The van der Waals surface area contributed by atoms with Crippen LogP contribution in [0, 0.1) is 11.3 Å². The van der Waals surface area contributed by atoms with Crippen molar-refractivity contribution in [2.75, 3.05) is 0 Å². The van der Waals surface area contributed by atoms with Crippen molar-refractivity contribution in [2.45, 2.75) is 19.8 Å². The molecule has 2 aromatic rings. The number of nitrogens with zero attached hydrogens (tertiary/aromatic N) is 1. The van der Waals surface area contributed by atoms with E-state index in [0.717, 1.165) is 5.56 Å². The van der Waals surface area contributed by atoms with E-state index in [1.54, 1.807) is 30.3 Å². The Morgan fingerprint density at radius 2 is 1.93 bits per heavy atom. The normalized spacial score (nSPS) is 15.9. The molecule has 0 atom stereocenters. The zero-order chi connectivity index (χ0) is 19.6. The van der Waals surface area contributed by atoms with Gasteiger partial charge in [-0.2, -0.15) is 5.26 Å². The van der Waals surface area contributed by atoms with Gasteiger partial charge in [-0.05, 0) is 48.4 Å². The second kappa shape index (κ2) is 7.83. The summed E-state index contributed by atoms with van der Waals surface area (Å²) in [5.41, 5.74) is 1.38. The number of amides is 2. The minimum Gasteiger partial charge on any atom is -0.457 e. The van der Waals surface area contributed by atoms with E-state index in [4.69, 9.17) is 27.6 Å². The summed E-state index contributed by atoms with van der Waals surface area (Å²) >= 11 is 12.0. The Kier molecular flexibility index (Phi) is 5.50. The fraction of sp³-hybridized carbons (Fsp3) is 0.150. The molecular weight excluding hydrogens is 387 g/mol. The maximum absolute atomic E-state index is 12.3. The van der Waals surface area contributed by atoms with Crippen molar-refractivity contribution >= 4 is 41.1 Å². The third-order valence-electron chi connectivity index (χ3n) is 4.05. The zero-order valence-corrected chi connectivity index (χ0v) is 15.8. The molecule has 136 valence electrons. The highest BCUT2D eigenvalue weighted by Crippen LogP contribution is 2.31. The summed E-state index contributed by atoms with van der Waals surface area (Å²) < 4.78 is 5.79. The van der Waals surface area contributed by atoms with E-state index in [1.807, 2.05) is 13.0 Å². The van der Waals surface area contributed by atoms with E-state index in [1.165, 1.54) is 6.08 Å². The molecule has 0 radical (unpaired) electrons.